The average molecular weight is 245 g/mol. The summed E-state index contributed by atoms with van der Waals surface area (Å²) in [5.74, 6) is 0.885. The van der Waals surface area contributed by atoms with Crippen LogP contribution in [0.2, 0.25) is 0 Å². The number of hydrogen-bond acceptors (Lipinski definition) is 3. The van der Waals surface area contributed by atoms with Crippen LogP contribution in [0.4, 0.5) is 5.69 Å². The Bertz CT molecular complexity index is 546. The smallest absolute Gasteiger partial charge is 0.119 e. The Morgan fingerprint density at radius 3 is 2.67 bits per heavy atom. The number of nitrogens with zero attached hydrogens (tertiary/aromatic N) is 2. The lowest BCUT2D eigenvalue weighted by atomic mass is 10.2. The Morgan fingerprint density at radius 1 is 1.33 bits per heavy atom. The van der Waals surface area contributed by atoms with Crippen LogP contribution in [-0.4, -0.2) is 16.9 Å². The molecule has 18 heavy (non-hydrogen) atoms. The first-order valence-electron chi connectivity index (χ1n) is 5.98. The van der Waals surface area contributed by atoms with E-state index < -0.39 is 0 Å². The number of aromatic nitrogens is 2. The second-order valence-electron chi connectivity index (χ2n) is 4.41. The summed E-state index contributed by atoms with van der Waals surface area (Å²) in [6.45, 7) is 4.93. The molecule has 2 aromatic rings. The van der Waals surface area contributed by atoms with Crippen molar-refractivity contribution in [3.8, 4) is 5.75 Å². The Labute approximate surface area is 108 Å². The summed E-state index contributed by atoms with van der Waals surface area (Å²) in [7, 11) is 3.64. The van der Waals surface area contributed by atoms with Crippen LogP contribution in [0.3, 0.4) is 0 Å². The van der Waals surface area contributed by atoms with Crippen molar-refractivity contribution in [2.24, 2.45) is 7.05 Å². The predicted octanol–water partition coefficient (Wildman–Crippen LogP) is 2.66. The van der Waals surface area contributed by atoms with Crippen LogP contribution in [0.5, 0.6) is 5.75 Å². The van der Waals surface area contributed by atoms with Crippen molar-refractivity contribution in [2.45, 2.75) is 20.4 Å². The molecule has 0 saturated carbocycles. The first-order valence-corrected chi connectivity index (χ1v) is 5.98. The number of hydrogen-bond donors (Lipinski definition) is 1. The molecular formula is C14H19N3O. The van der Waals surface area contributed by atoms with Gasteiger partial charge in [-0.05, 0) is 37.6 Å². The highest BCUT2D eigenvalue weighted by Crippen LogP contribution is 2.21. The molecule has 0 amide bonds. The second-order valence-corrected chi connectivity index (χ2v) is 4.41. The fraction of sp³-hybridized carbons (Fsp3) is 0.357. The fourth-order valence-corrected chi connectivity index (χ4v) is 1.87. The number of methoxy groups -OCH3 is 1. The molecule has 1 heterocycles. The zero-order chi connectivity index (χ0) is 13.1. The SMILES string of the molecule is COc1ccc(NCc2cnn(C)c2C)c(C)c1. The van der Waals surface area contributed by atoms with E-state index in [1.54, 1.807) is 7.11 Å². The van der Waals surface area contributed by atoms with Crippen molar-refractivity contribution in [2.75, 3.05) is 12.4 Å². The van der Waals surface area contributed by atoms with Gasteiger partial charge in [-0.25, -0.2) is 0 Å². The van der Waals surface area contributed by atoms with E-state index in [-0.39, 0.29) is 0 Å². The van der Waals surface area contributed by atoms with Crippen LogP contribution >= 0.6 is 0 Å². The van der Waals surface area contributed by atoms with E-state index in [9.17, 15) is 0 Å². The van der Waals surface area contributed by atoms with Crippen molar-refractivity contribution in [3.05, 3.63) is 41.2 Å². The predicted molar refractivity (Wildman–Crippen MR) is 73.0 cm³/mol. The molecule has 0 aliphatic carbocycles. The zero-order valence-electron chi connectivity index (χ0n) is 11.3. The maximum absolute atomic E-state index is 5.19. The Hall–Kier alpha value is -1.97. The lowest BCUT2D eigenvalue weighted by molar-refractivity contribution is 0.414. The van der Waals surface area contributed by atoms with Gasteiger partial charge in [-0.2, -0.15) is 5.10 Å². The summed E-state index contributed by atoms with van der Waals surface area (Å²) in [5.41, 5.74) is 4.70. The van der Waals surface area contributed by atoms with E-state index in [1.807, 2.05) is 36.1 Å². The molecule has 1 aromatic heterocycles. The van der Waals surface area contributed by atoms with Crippen molar-refractivity contribution in [1.29, 1.82) is 0 Å². The van der Waals surface area contributed by atoms with Crippen LogP contribution < -0.4 is 10.1 Å². The highest BCUT2D eigenvalue weighted by molar-refractivity contribution is 5.53. The van der Waals surface area contributed by atoms with Gasteiger partial charge in [0.15, 0.2) is 0 Å². The third-order valence-corrected chi connectivity index (χ3v) is 3.24. The Balaban J connectivity index is 2.08. The topological polar surface area (TPSA) is 39.1 Å². The first-order chi connectivity index (χ1) is 8.61. The molecule has 0 radical (unpaired) electrons. The summed E-state index contributed by atoms with van der Waals surface area (Å²) in [5, 5.41) is 7.66. The molecule has 2 rings (SSSR count). The average Bonchev–Trinajstić information content (AvgIpc) is 2.68. The second kappa shape index (κ2) is 5.12. The van der Waals surface area contributed by atoms with Gasteiger partial charge >= 0.3 is 0 Å². The molecule has 0 atom stereocenters. The molecule has 0 bridgehead atoms. The van der Waals surface area contributed by atoms with Gasteiger partial charge in [-0.15, -0.1) is 0 Å². The Morgan fingerprint density at radius 2 is 2.11 bits per heavy atom. The van der Waals surface area contributed by atoms with Crippen LogP contribution in [0.25, 0.3) is 0 Å². The molecule has 4 nitrogen and oxygen atoms in total. The molecule has 0 aliphatic rings. The van der Waals surface area contributed by atoms with E-state index in [1.165, 1.54) is 16.8 Å². The van der Waals surface area contributed by atoms with E-state index in [2.05, 4.69) is 24.3 Å². The Kier molecular flexibility index (Phi) is 3.55. The largest absolute Gasteiger partial charge is 0.497 e. The zero-order valence-corrected chi connectivity index (χ0v) is 11.3. The van der Waals surface area contributed by atoms with Gasteiger partial charge in [0.2, 0.25) is 0 Å². The molecule has 0 spiro atoms. The molecule has 1 aromatic carbocycles. The third-order valence-electron chi connectivity index (χ3n) is 3.24. The van der Waals surface area contributed by atoms with E-state index in [0.29, 0.717) is 0 Å². The van der Waals surface area contributed by atoms with Crippen molar-refractivity contribution in [1.82, 2.24) is 9.78 Å². The summed E-state index contributed by atoms with van der Waals surface area (Å²) < 4.78 is 7.08. The molecule has 0 unspecified atom stereocenters. The van der Waals surface area contributed by atoms with E-state index in [4.69, 9.17) is 4.74 Å². The quantitative estimate of drug-likeness (QED) is 0.900. The third kappa shape index (κ3) is 2.47. The normalized spacial score (nSPS) is 10.4. The molecule has 1 N–H and O–H groups in total. The maximum Gasteiger partial charge on any atom is 0.119 e. The fourth-order valence-electron chi connectivity index (χ4n) is 1.87. The van der Waals surface area contributed by atoms with Crippen LogP contribution in [0, 0.1) is 13.8 Å². The van der Waals surface area contributed by atoms with Crippen LogP contribution in [-0.2, 0) is 13.6 Å². The highest BCUT2D eigenvalue weighted by atomic mass is 16.5. The maximum atomic E-state index is 5.19. The standard InChI is InChI=1S/C14H19N3O/c1-10-7-13(18-4)5-6-14(10)15-8-12-9-16-17(3)11(12)2/h5-7,9,15H,8H2,1-4H3. The summed E-state index contributed by atoms with van der Waals surface area (Å²) in [6.07, 6.45) is 1.90. The van der Waals surface area contributed by atoms with Gasteiger partial charge in [0.05, 0.1) is 13.3 Å². The first kappa shape index (κ1) is 12.5. The van der Waals surface area contributed by atoms with Crippen LogP contribution in [0.15, 0.2) is 24.4 Å². The minimum absolute atomic E-state index is 0.785. The van der Waals surface area contributed by atoms with Gasteiger partial charge in [0.25, 0.3) is 0 Å². The van der Waals surface area contributed by atoms with Crippen molar-refractivity contribution < 1.29 is 4.74 Å². The molecule has 0 saturated heterocycles. The van der Waals surface area contributed by atoms with E-state index in [0.717, 1.165) is 18.0 Å². The van der Waals surface area contributed by atoms with Gasteiger partial charge in [0.1, 0.15) is 5.75 Å². The molecule has 96 valence electrons. The lowest BCUT2D eigenvalue weighted by Crippen LogP contribution is -2.02. The van der Waals surface area contributed by atoms with Gasteiger partial charge in [-0.1, -0.05) is 0 Å². The number of rotatable bonds is 4. The van der Waals surface area contributed by atoms with Crippen molar-refractivity contribution >= 4 is 5.69 Å². The number of aryl methyl sites for hydroxylation is 2. The number of nitrogens with one attached hydrogen (secondary N) is 1. The summed E-state index contributed by atoms with van der Waals surface area (Å²) >= 11 is 0. The number of benzene rings is 1. The van der Waals surface area contributed by atoms with Crippen LogP contribution in [0.1, 0.15) is 16.8 Å². The molecule has 4 heteroatoms. The van der Waals surface area contributed by atoms with Gasteiger partial charge in [-0.3, -0.25) is 4.68 Å². The van der Waals surface area contributed by atoms with E-state index >= 15 is 0 Å². The van der Waals surface area contributed by atoms with Gasteiger partial charge in [0, 0.05) is 30.5 Å². The summed E-state index contributed by atoms with van der Waals surface area (Å²) in [4.78, 5) is 0. The summed E-state index contributed by atoms with van der Waals surface area (Å²) in [6, 6.07) is 6.03. The van der Waals surface area contributed by atoms with Crippen molar-refractivity contribution in [3.63, 3.8) is 0 Å². The lowest BCUT2D eigenvalue weighted by Gasteiger charge is -2.10. The highest BCUT2D eigenvalue weighted by Gasteiger charge is 2.04. The molecule has 0 aliphatic heterocycles. The molecular weight excluding hydrogens is 226 g/mol. The number of anilines is 1. The minimum atomic E-state index is 0.785. The minimum Gasteiger partial charge on any atom is -0.497 e. The molecule has 0 fully saturated rings. The monoisotopic (exact) mass is 245 g/mol. The number of ether oxygens (including phenoxy) is 1. The van der Waals surface area contributed by atoms with Gasteiger partial charge < -0.3 is 10.1 Å².